The average molecular weight is 232 g/mol. The molecule has 0 spiro atoms. The summed E-state index contributed by atoms with van der Waals surface area (Å²) in [5, 5.41) is 0. The molecule has 0 atom stereocenters. The van der Waals surface area contributed by atoms with E-state index in [1.807, 2.05) is 6.92 Å². The van der Waals surface area contributed by atoms with Crippen LogP contribution in [0.25, 0.3) is 0 Å². The second kappa shape index (κ2) is 5.97. The number of rotatable bonds is 6. The first-order valence-electron chi connectivity index (χ1n) is 6.49. The van der Waals surface area contributed by atoms with Crippen molar-refractivity contribution in [1.82, 2.24) is 0 Å². The van der Waals surface area contributed by atoms with Gasteiger partial charge in [0.2, 0.25) is 0 Å². The van der Waals surface area contributed by atoms with Crippen LogP contribution in [0, 0.1) is 0 Å². The molecule has 0 amide bonds. The van der Waals surface area contributed by atoms with Crippen molar-refractivity contribution in [2.45, 2.75) is 39.0 Å². The number of carbonyl (C=O) groups is 1. The molecule has 0 bridgehead atoms. The molecule has 0 unspecified atom stereocenters. The summed E-state index contributed by atoms with van der Waals surface area (Å²) in [6.07, 6.45) is 4.73. The number of carbonyl (C=O) groups excluding carboxylic acids is 1. The molecule has 2 heteroatoms. The average Bonchev–Trinajstić information content (AvgIpc) is 2.76. The van der Waals surface area contributed by atoms with E-state index in [0.29, 0.717) is 26.1 Å². The summed E-state index contributed by atoms with van der Waals surface area (Å²) >= 11 is 0. The Labute approximate surface area is 103 Å². The zero-order valence-corrected chi connectivity index (χ0v) is 10.5. The van der Waals surface area contributed by atoms with E-state index in [9.17, 15) is 4.79 Å². The quantitative estimate of drug-likeness (QED) is 0.705. The van der Waals surface area contributed by atoms with Crippen LogP contribution in [0.1, 0.15) is 36.5 Å². The third kappa shape index (κ3) is 3.40. The minimum atomic E-state index is 0.274. The summed E-state index contributed by atoms with van der Waals surface area (Å²) in [5.74, 6) is 0.274. The summed E-state index contributed by atoms with van der Waals surface area (Å²) in [6, 6.07) is 6.50. The van der Waals surface area contributed by atoms with E-state index in [-0.39, 0.29) is 5.78 Å². The molecule has 1 aliphatic carbocycles. The molecule has 0 saturated heterocycles. The van der Waals surface area contributed by atoms with Crippen LogP contribution in [0.15, 0.2) is 18.2 Å². The van der Waals surface area contributed by atoms with Gasteiger partial charge < -0.3 is 4.74 Å². The molecular formula is C15H20O2. The first kappa shape index (κ1) is 12.3. The second-order valence-corrected chi connectivity index (χ2v) is 4.62. The van der Waals surface area contributed by atoms with Crippen LogP contribution in [0.2, 0.25) is 0 Å². The molecule has 92 valence electrons. The van der Waals surface area contributed by atoms with Crippen LogP contribution in [-0.4, -0.2) is 19.0 Å². The Morgan fingerprint density at radius 1 is 1.29 bits per heavy atom. The fourth-order valence-corrected chi connectivity index (χ4v) is 2.38. The van der Waals surface area contributed by atoms with Crippen LogP contribution in [-0.2, 0) is 28.8 Å². The highest BCUT2D eigenvalue weighted by atomic mass is 16.5. The van der Waals surface area contributed by atoms with Gasteiger partial charge in [0, 0.05) is 19.4 Å². The van der Waals surface area contributed by atoms with Crippen LogP contribution >= 0.6 is 0 Å². The lowest BCUT2D eigenvalue weighted by molar-refractivity contribution is -0.119. The Bertz CT molecular complexity index is 396. The maximum atomic E-state index is 11.7. The smallest absolute Gasteiger partial charge is 0.139 e. The second-order valence-electron chi connectivity index (χ2n) is 4.62. The number of ether oxygens (including phenoxy) is 1. The molecule has 2 rings (SSSR count). The molecule has 0 radical (unpaired) electrons. The Morgan fingerprint density at radius 3 is 2.94 bits per heavy atom. The van der Waals surface area contributed by atoms with Gasteiger partial charge in [-0.2, -0.15) is 0 Å². The third-order valence-corrected chi connectivity index (χ3v) is 3.29. The molecule has 17 heavy (non-hydrogen) atoms. The van der Waals surface area contributed by atoms with Crippen molar-refractivity contribution in [2.75, 3.05) is 13.2 Å². The van der Waals surface area contributed by atoms with Gasteiger partial charge in [-0.1, -0.05) is 18.2 Å². The highest BCUT2D eigenvalue weighted by Gasteiger charge is 2.12. The van der Waals surface area contributed by atoms with Gasteiger partial charge in [0.05, 0.1) is 6.61 Å². The first-order chi connectivity index (χ1) is 8.29. The molecule has 1 aliphatic rings. The minimum Gasteiger partial charge on any atom is -0.381 e. The highest BCUT2D eigenvalue weighted by molar-refractivity contribution is 5.81. The van der Waals surface area contributed by atoms with Gasteiger partial charge in [-0.3, -0.25) is 4.79 Å². The van der Waals surface area contributed by atoms with Crippen LogP contribution in [0.5, 0.6) is 0 Å². The molecule has 0 saturated carbocycles. The lowest BCUT2D eigenvalue weighted by Crippen LogP contribution is -2.07. The predicted molar refractivity (Wildman–Crippen MR) is 68.3 cm³/mol. The van der Waals surface area contributed by atoms with Crippen molar-refractivity contribution in [3.05, 3.63) is 34.9 Å². The Hall–Kier alpha value is -1.15. The van der Waals surface area contributed by atoms with Gasteiger partial charge >= 0.3 is 0 Å². The van der Waals surface area contributed by atoms with E-state index in [2.05, 4.69) is 18.2 Å². The molecule has 0 fully saturated rings. The van der Waals surface area contributed by atoms with E-state index < -0.39 is 0 Å². The normalized spacial score (nSPS) is 13.7. The molecule has 0 aromatic heterocycles. The predicted octanol–water partition coefficient (Wildman–Crippen LogP) is 2.71. The van der Waals surface area contributed by atoms with E-state index in [1.165, 1.54) is 30.4 Å². The van der Waals surface area contributed by atoms with Crippen LogP contribution < -0.4 is 0 Å². The van der Waals surface area contributed by atoms with Gasteiger partial charge in [0.25, 0.3) is 0 Å². The Morgan fingerprint density at radius 2 is 2.12 bits per heavy atom. The summed E-state index contributed by atoms with van der Waals surface area (Å²) in [4.78, 5) is 11.7. The highest BCUT2D eigenvalue weighted by Crippen LogP contribution is 2.23. The van der Waals surface area contributed by atoms with Gasteiger partial charge in [0.1, 0.15) is 5.78 Å². The number of hydrogen-bond donors (Lipinski definition) is 0. The van der Waals surface area contributed by atoms with E-state index in [0.717, 1.165) is 5.56 Å². The van der Waals surface area contributed by atoms with Crippen LogP contribution in [0.3, 0.4) is 0 Å². The maximum Gasteiger partial charge on any atom is 0.139 e. The van der Waals surface area contributed by atoms with Crippen molar-refractivity contribution in [3.63, 3.8) is 0 Å². The molecule has 2 nitrogen and oxygen atoms in total. The lowest BCUT2D eigenvalue weighted by atomic mass is 10.0. The fourth-order valence-electron chi connectivity index (χ4n) is 2.38. The Balaban J connectivity index is 1.88. The zero-order chi connectivity index (χ0) is 12.1. The molecule has 0 N–H and O–H groups in total. The number of ketones is 1. The summed E-state index contributed by atoms with van der Waals surface area (Å²) in [5.41, 5.74) is 4.07. The minimum absolute atomic E-state index is 0.274. The Kier molecular flexibility index (Phi) is 4.32. The topological polar surface area (TPSA) is 26.3 Å². The van der Waals surface area contributed by atoms with Gasteiger partial charge in [-0.15, -0.1) is 0 Å². The SMILES string of the molecule is CCOCCC(=O)Cc1ccc2c(c1)CCC2. The van der Waals surface area contributed by atoms with Crippen LogP contribution in [0.4, 0.5) is 0 Å². The van der Waals surface area contributed by atoms with Crippen molar-refractivity contribution < 1.29 is 9.53 Å². The molecular weight excluding hydrogens is 212 g/mol. The molecule has 0 aliphatic heterocycles. The van der Waals surface area contributed by atoms with Crippen molar-refractivity contribution in [2.24, 2.45) is 0 Å². The van der Waals surface area contributed by atoms with Gasteiger partial charge in [-0.25, -0.2) is 0 Å². The molecule has 1 aromatic rings. The van der Waals surface area contributed by atoms with Crippen molar-refractivity contribution in [3.8, 4) is 0 Å². The van der Waals surface area contributed by atoms with Gasteiger partial charge in [0.15, 0.2) is 0 Å². The number of hydrogen-bond acceptors (Lipinski definition) is 2. The monoisotopic (exact) mass is 232 g/mol. The molecule has 1 aromatic carbocycles. The maximum absolute atomic E-state index is 11.7. The summed E-state index contributed by atoms with van der Waals surface area (Å²) in [6.45, 7) is 3.19. The van der Waals surface area contributed by atoms with E-state index in [4.69, 9.17) is 4.74 Å². The number of aryl methyl sites for hydroxylation is 2. The number of benzene rings is 1. The lowest BCUT2D eigenvalue weighted by Gasteiger charge is -2.05. The van der Waals surface area contributed by atoms with Crippen molar-refractivity contribution >= 4 is 5.78 Å². The van der Waals surface area contributed by atoms with E-state index in [1.54, 1.807) is 0 Å². The molecule has 0 heterocycles. The largest absolute Gasteiger partial charge is 0.381 e. The van der Waals surface area contributed by atoms with Gasteiger partial charge in [-0.05, 0) is 42.9 Å². The van der Waals surface area contributed by atoms with E-state index >= 15 is 0 Å². The summed E-state index contributed by atoms with van der Waals surface area (Å²) in [7, 11) is 0. The van der Waals surface area contributed by atoms with Crippen molar-refractivity contribution in [1.29, 1.82) is 0 Å². The summed E-state index contributed by atoms with van der Waals surface area (Å²) < 4.78 is 5.20. The standard InChI is InChI=1S/C15H20O2/c1-2-17-9-8-15(16)11-12-6-7-13-4-3-5-14(13)10-12/h6-7,10H,2-5,8-9,11H2,1H3. The number of Topliss-reactive ketones (excluding diaryl/α,β-unsaturated/α-hetero) is 1. The first-order valence-corrected chi connectivity index (χ1v) is 6.49. The zero-order valence-electron chi connectivity index (χ0n) is 10.5. The number of fused-ring (bicyclic) bond motifs is 1. The third-order valence-electron chi connectivity index (χ3n) is 3.29. The fraction of sp³-hybridized carbons (Fsp3) is 0.533.